The largest absolute Gasteiger partial charge is 0.396 e. The van der Waals surface area contributed by atoms with Gasteiger partial charge in [-0.2, -0.15) is 5.10 Å². The lowest BCUT2D eigenvalue weighted by Gasteiger charge is -2.04. The lowest BCUT2D eigenvalue weighted by molar-refractivity contribution is 0.283. The Hall–Kier alpha value is -0.870. The Labute approximate surface area is 97.7 Å². The van der Waals surface area contributed by atoms with Gasteiger partial charge in [-0.15, -0.1) is 0 Å². The summed E-state index contributed by atoms with van der Waals surface area (Å²) in [5, 5.41) is 16.3. The maximum absolute atomic E-state index is 8.62. The molecule has 0 amide bonds. The summed E-state index contributed by atoms with van der Waals surface area (Å²) >= 11 is 0. The van der Waals surface area contributed by atoms with Gasteiger partial charge in [-0.1, -0.05) is 0 Å². The smallest absolute Gasteiger partial charge is 0.0534 e. The molecule has 0 aliphatic heterocycles. The number of hydrogen-bond acceptors (Lipinski definition) is 3. The maximum Gasteiger partial charge on any atom is 0.0534 e. The number of unbranched alkanes of at least 4 members (excludes halogenated alkanes) is 2. The maximum atomic E-state index is 8.62. The Morgan fingerprint density at radius 2 is 2.19 bits per heavy atom. The van der Waals surface area contributed by atoms with Crippen molar-refractivity contribution >= 4 is 0 Å². The van der Waals surface area contributed by atoms with Gasteiger partial charge in [0.1, 0.15) is 0 Å². The lowest BCUT2D eigenvalue weighted by atomic mass is 10.2. The molecule has 1 aromatic heterocycles. The second kappa shape index (κ2) is 7.41. The molecule has 1 rings (SSSR count). The fourth-order valence-electron chi connectivity index (χ4n) is 1.52. The molecule has 4 nitrogen and oxygen atoms in total. The van der Waals surface area contributed by atoms with Crippen molar-refractivity contribution in [2.75, 3.05) is 13.2 Å². The quantitative estimate of drug-likeness (QED) is 0.662. The lowest BCUT2D eigenvalue weighted by Crippen LogP contribution is -2.14. The van der Waals surface area contributed by atoms with Crippen molar-refractivity contribution in [2.45, 2.75) is 45.7 Å². The first-order valence-corrected chi connectivity index (χ1v) is 6.08. The van der Waals surface area contributed by atoms with Crippen molar-refractivity contribution in [1.29, 1.82) is 0 Å². The molecule has 0 unspecified atom stereocenters. The number of aromatic nitrogens is 2. The highest BCUT2D eigenvalue weighted by atomic mass is 16.2. The molecule has 0 aliphatic rings. The molecular formula is C12H23N3O. The van der Waals surface area contributed by atoms with Crippen LogP contribution in [0.3, 0.4) is 0 Å². The SMILES string of the molecule is CC(C)n1cc(CNCCCCCO)cn1. The molecule has 92 valence electrons. The summed E-state index contributed by atoms with van der Waals surface area (Å²) in [7, 11) is 0. The van der Waals surface area contributed by atoms with Crippen LogP contribution in [-0.4, -0.2) is 28.0 Å². The van der Waals surface area contributed by atoms with E-state index < -0.39 is 0 Å². The van der Waals surface area contributed by atoms with Gasteiger partial charge in [0.2, 0.25) is 0 Å². The molecular weight excluding hydrogens is 202 g/mol. The molecule has 0 fully saturated rings. The Kier molecular flexibility index (Phi) is 6.11. The second-order valence-corrected chi connectivity index (χ2v) is 4.38. The van der Waals surface area contributed by atoms with Crippen LogP contribution < -0.4 is 5.32 Å². The predicted octanol–water partition coefficient (Wildman–Crippen LogP) is 1.72. The van der Waals surface area contributed by atoms with Crippen LogP contribution >= 0.6 is 0 Å². The Morgan fingerprint density at radius 1 is 1.38 bits per heavy atom. The Balaban J connectivity index is 2.12. The van der Waals surface area contributed by atoms with Gasteiger partial charge in [-0.25, -0.2) is 0 Å². The van der Waals surface area contributed by atoms with Crippen molar-refractivity contribution in [1.82, 2.24) is 15.1 Å². The van der Waals surface area contributed by atoms with Crippen molar-refractivity contribution in [2.24, 2.45) is 0 Å². The summed E-state index contributed by atoms with van der Waals surface area (Å²) in [6.07, 6.45) is 7.13. The zero-order valence-corrected chi connectivity index (χ0v) is 10.3. The van der Waals surface area contributed by atoms with Gasteiger partial charge in [0.15, 0.2) is 0 Å². The van der Waals surface area contributed by atoms with E-state index in [-0.39, 0.29) is 0 Å². The minimum absolute atomic E-state index is 0.307. The normalized spacial score (nSPS) is 11.2. The van der Waals surface area contributed by atoms with E-state index in [1.165, 1.54) is 5.56 Å². The number of nitrogens with one attached hydrogen (secondary N) is 1. The zero-order valence-electron chi connectivity index (χ0n) is 10.3. The average molecular weight is 225 g/mol. The van der Waals surface area contributed by atoms with Crippen LogP contribution in [0.25, 0.3) is 0 Å². The summed E-state index contributed by atoms with van der Waals surface area (Å²) in [4.78, 5) is 0. The van der Waals surface area contributed by atoms with Crippen LogP contribution in [0.5, 0.6) is 0 Å². The van der Waals surface area contributed by atoms with E-state index in [2.05, 4.69) is 30.5 Å². The van der Waals surface area contributed by atoms with Crippen LogP contribution in [0, 0.1) is 0 Å². The number of aliphatic hydroxyl groups excluding tert-OH is 1. The van der Waals surface area contributed by atoms with E-state index >= 15 is 0 Å². The molecule has 0 saturated carbocycles. The number of hydrogen-bond donors (Lipinski definition) is 2. The molecule has 1 heterocycles. The highest BCUT2D eigenvalue weighted by Crippen LogP contribution is 2.04. The fourth-order valence-corrected chi connectivity index (χ4v) is 1.52. The van der Waals surface area contributed by atoms with Crippen molar-refractivity contribution in [3.8, 4) is 0 Å². The van der Waals surface area contributed by atoms with Gasteiger partial charge in [0.05, 0.1) is 6.20 Å². The summed E-state index contributed by atoms with van der Waals surface area (Å²) < 4.78 is 1.97. The van der Waals surface area contributed by atoms with E-state index in [9.17, 15) is 0 Å². The van der Waals surface area contributed by atoms with Gasteiger partial charge < -0.3 is 10.4 Å². The third-order valence-corrected chi connectivity index (χ3v) is 2.52. The zero-order chi connectivity index (χ0) is 11.8. The van der Waals surface area contributed by atoms with Crippen LogP contribution in [0.2, 0.25) is 0 Å². The van der Waals surface area contributed by atoms with Gasteiger partial charge in [-0.05, 0) is 39.7 Å². The minimum Gasteiger partial charge on any atom is -0.396 e. The molecule has 0 radical (unpaired) electrons. The molecule has 0 bridgehead atoms. The first kappa shape index (κ1) is 13.2. The van der Waals surface area contributed by atoms with E-state index in [1.807, 2.05) is 10.9 Å². The van der Waals surface area contributed by atoms with E-state index in [0.29, 0.717) is 12.6 Å². The molecule has 0 aliphatic carbocycles. The molecule has 0 saturated heterocycles. The summed E-state index contributed by atoms with van der Waals surface area (Å²) in [6.45, 7) is 6.44. The number of nitrogens with zero attached hydrogens (tertiary/aromatic N) is 2. The van der Waals surface area contributed by atoms with Gasteiger partial charge in [0, 0.05) is 31.0 Å². The van der Waals surface area contributed by atoms with Crippen LogP contribution in [0.15, 0.2) is 12.4 Å². The number of aliphatic hydroxyl groups is 1. The third-order valence-electron chi connectivity index (χ3n) is 2.52. The summed E-state index contributed by atoms with van der Waals surface area (Å²) in [5.74, 6) is 0. The highest BCUT2D eigenvalue weighted by Gasteiger charge is 2.00. The Bertz CT molecular complexity index is 284. The summed E-state index contributed by atoms with van der Waals surface area (Å²) in [5.41, 5.74) is 1.23. The fraction of sp³-hybridized carbons (Fsp3) is 0.750. The Morgan fingerprint density at radius 3 is 2.81 bits per heavy atom. The van der Waals surface area contributed by atoms with Crippen LogP contribution in [0.1, 0.15) is 44.7 Å². The predicted molar refractivity (Wildman–Crippen MR) is 65.3 cm³/mol. The molecule has 2 N–H and O–H groups in total. The molecule has 1 aromatic rings. The second-order valence-electron chi connectivity index (χ2n) is 4.38. The molecule has 0 spiro atoms. The molecule has 0 aromatic carbocycles. The standard InChI is InChI=1S/C12H23N3O/c1-11(2)15-10-12(9-14-15)8-13-6-4-3-5-7-16/h9-11,13,16H,3-8H2,1-2H3. The first-order chi connectivity index (χ1) is 7.74. The minimum atomic E-state index is 0.307. The third kappa shape index (κ3) is 4.77. The van der Waals surface area contributed by atoms with Gasteiger partial charge >= 0.3 is 0 Å². The van der Waals surface area contributed by atoms with Crippen molar-refractivity contribution in [3.05, 3.63) is 18.0 Å². The van der Waals surface area contributed by atoms with Crippen molar-refractivity contribution < 1.29 is 5.11 Å². The molecule has 4 heteroatoms. The molecule has 0 atom stereocenters. The topological polar surface area (TPSA) is 50.1 Å². The highest BCUT2D eigenvalue weighted by molar-refractivity contribution is 5.03. The van der Waals surface area contributed by atoms with E-state index in [4.69, 9.17) is 5.11 Å². The van der Waals surface area contributed by atoms with Gasteiger partial charge in [-0.3, -0.25) is 4.68 Å². The first-order valence-electron chi connectivity index (χ1n) is 6.08. The van der Waals surface area contributed by atoms with Gasteiger partial charge in [0.25, 0.3) is 0 Å². The summed E-state index contributed by atoms with van der Waals surface area (Å²) in [6, 6.07) is 0.429. The van der Waals surface area contributed by atoms with Crippen molar-refractivity contribution in [3.63, 3.8) is 0 Å². The number of rotatable bonds is 8. The van der Waals surface area contributed by atoms with Crippen LogP contribution in [-0.2, 0) is 6.54 Å². The average Bonchev–Trinajstić information content (AvgIpc) is 2.72. The van der Waals surface area contributed by atoms with E-state index in [1.54, 1.807) is 0 Å². The monoisotopic (exact) mass is 225 g/mol. The van der Waals surface area contributed by atoms with Crippen LogP contribution in [0.4, 0.5) is 0 Å². The van der Waals surface area contributed by atoms with E-state index in [0.717, 1.165) is 32.4 Å². The molecule has 16 heavy (non-hydrogen) atoms.